The molecule has 9 heteroatoms. The molecule has 0 aliphatic heterocycles. The molecule has 0 saturated heterocycles. The SMILES string of the molecule is COC(=O)c1ccc2c(c1)CCC[C@]2(O)c1ncc(-c2cc(C)cc(NC(=O)OC(C)(C)C)n2)s1. The van der Waals surface area contributed by atoms with Crippen molar-refractivity contribution in [3.05, 3.63) is 63.8 Å². The van der Waals surface area contributed by atoms with Crippen LogP contribution >= 0.6 is 11.3 Å². The van der Waals surface area contributed by atoms with Crippen molar-refractivity contribution < 1.29 is 24.2 Å². The van der Waals surface area contributed by atoms with Crippen LogP contribution in [0.5, 0.6) is 0 Å². The van der Waals surface area contributed by atoms with E-state index in [1.807, 2.05) is 13.0 Å². The van der Waals surface area contributed by atoms with Gasteiger partial charge in [0.1, 0.15) is 22.0 Å². The number of anilines is 1. The van der Waals surface area contributed by atoms with E-state index < -0.39 is 23.3 Å². The van der Waals surface area contributed by atoms with Gasteiger partial charge in [0.15, 0.2) is 0 Å². The van der Waals surface area contributed by atoms with Gasteiger partial charge >= 0.3 is 12.1 Å². The number of carbonyl (C=O) groups is 2. The molecule has 0 fully saturated rings. The Hall–Kier alpha value is -3.30. The Morgan fingerprint density at radius 2 is 1.97 bits per heavy atom. The fourth-order valence-corrected chi connectivity index (χ4v) is 5.20. The highest BCUT2D eigenvalue weighted by Gasteiger charge is 2.39. The van der Waals surface area contributed by atoms with Crippen LogP contribution in [0.1, 0.15) is 65.7 Å². The third kappa shape index (κ3) is 5.36. The molecule has 4 rings (SSSR count). The Balaban J connectivity index is 1.63. The summed E-state index contributed by atoms with van der Waals surface area (Å²) in [4.78, 5) is 34.0. The zero-order valence-electron chi connectivity index (χ0n) is 20.5. The second kappa shape index (κ2) is 9.39. The number of thiazole rings is 1. The number of esters is 1. The normalized spacial score (nSPS) is 17.4. The van der Waals surface area contributed by atoms with Crippen LogP contribution in [0.3, 0.4) is 0 Å². The van der Waals surface area contributed by atoms with Crippen molar-refractivity contribution in [2.45, 2.75) is 58.2 Å². The Morgan fingerprint density at radius 1 is 1.20 bits per heavy atom. The highest BCUT2D eigenvalue weighted by molar-refractivity contribution is 7.15. The first-order valence-corrected chi connectivity index (χ1v) is 12.2. The molecule has 0 saturated carbocycles. The number of amides is 1. The van der Waals surface area contributed by atoms with Crippen LogP contribution in [0.15, 0.2) is 36.5 Å². The zero-order chi connectivity index (χ0) is 25.4. The number of carbonyl (C=O) groups excluding carboxylic acids is 2. The van der Waals surface area contributed by atoms with Gasteiger partial charge in [-0.3, -0.25) is 5.32 Å². The van der Waals surface area contributed by atoms with E-state index >= 15 is 0 Å². The zero-order valence-corrected chi connectivity index (χ0v) is 21.3. The summed E-state index contributed by atoms with van der Waals surface area (Å²) in [6, 6.07) is 8.91. The molecule has 2 aromatic heterocycles. The van der Waals surface area contributed by atoms with Crippen LogP contribution < -0.4 is 5.32 Å². The van der Waals surface area contributed by atoms with Crippen molar-refractivity contribution in [1.29, 1.82) is 0 Å². The first kappa shape index (κ1) is 24.8. The van der Waals surface area contributed by atoms with E-state index in [4.69, 9.17) is 9.47 Å². The molecular formula is C26H29N3O5S. The summed E-state index contributed by atoms with van der Waals surface area (Å²) in [5.74, 6) is -0.0268. The number of benzene rings is 1. The number of fused-ring (bicyclic) bond motifs is 1. The molecule has 0 unspecified atom stereocenters. The minimum absolute atomic E-state index is 0.376. The summed E-state index contributed by atoms with van der Waals surface area (Å²) in [7, 11) is 1.35. The largest absolute Gasteiger partial charge is 0.465 e. The minimum Gasteiger partial charge on any atom is -0.465 e. The van der Waals surface area contributed by atoms with Gasteiger partial charge in [-0.2, -0.15) is 0 Å². The monoisotopic (exact) mass is 495 g/mol. The third-order valence-corrected chi connectivity index (χ3v) is 6.84. The number of hydrogen-bond acceptors (Lipinski definition) is 8. The summed E-state index contributed by atoms with van der Waals surface area (Å²) in [6.45, 7) is 7.30. The minimum atomic E-state index is -1.26. The van der Waals surface area contributed by atoms with E-state index in [0.29, 0.717) is 28.5 Å². The fraction of sp³-hybridized carbons (Fsp3) is 0.385. The highest BCUT2D eigenvalue weighted by atomic mass is 32.1. The Bertz CT molecular complexity index is 1280. The number of nitrogens with zero attached hydrogens (tertiary/aromatic N) is 2. The number of nitrogens with one attached hydrogen (secondary N) is 1. The number of aliphatic hydroxyl groups is 1. The summed E-state index contributed by atoms with van der Waals surface area (Å²) in [6.07, 6.45) is 3.16. The number of hydrogen-bond donors (Lipinski definition) is 2. The lowest BCUT2D eigenvalue weighted by atomic mass is 9.79. The molecule has 8 nitrogen and oxygen atoms in total. The summed E-state index contributed by atoms with van der Waals surface area (Å²) < 4.78 is 10.2. The Labute approximate surface area is 208 Å². The van der Waals surface area contributed by atoms with Crippen molar-refractivity contribution in [2.75, 3.05) is 12.4 Å². The van der Waals surface area contributed by atoms with E-state index in [0.717, 1.165) is 34.4 Å². The fourth-order valence-electron chi connectivity index (χ4n) is 4.19. The molecule has 2 N–H and O–H groups in total. The van der Waals surface area contributed by atoms with Gasteiger partial charge in [0.05, 0.1) is 23.2 Å². The molecule has 35 heavy (non-hydrogen) atoms. The van der Waals surface area contributed by atoms with E-state index in [-0.39, 0.29) is 0 Å². The van der Waals surface area contributed by atoms with Gasteiger partial charge in [0.25, 0.3) is 0 Å². The Kier molecular flexibility index (Phi) is 6.66. The van der Waals surface area contributed by atoms with Crippen LogP contribution in [0.2, 0.25) is 0 Å². The average Bonchev–Trinajstić information content (AvgIpc) is 3.28. The first-order valence-electron chi connectivity index (χ1n) is 11.4. The maximum atomic E-state index is 12.2. The van der Waals surface area contributed by atoms with Crippen LogP contribution in [0.4, 0.5) is 10.6 Å². The second-order valence-electron chi connectivity index (χ2n) is 9.65. The van der Waals surface area contributed by atoms with Gasteiger partial charge in [-0.05, 0) is 87.9 Å². The molecule has 1 aliphatic rings. The van der Waals surface area contributed by atoms with Crippen LogP contribution in [0, 0.1) is 6.92 Å². The van der Waals surface area contributed by atoms with Crippen LogP contribution in [-0.4, -0.2) is 39.8 Å². The van der Waals surface area contributed by atoms with Gasteiger partial charge in [-0.25, -0.2) is 19.6 Å². The summed E-state index contributed by atoms with van der Waals surface area (Å²) in [5, 5.41) is 15.0. The van der Waals surface area contributed by atoms with Crippen molar-refractivity contribution in [3.8, 4) is 10.6 Å². The molecule has 184 valence electrons. The van der Waals surface area contributed by atoms with E-state index in [2.05, 4.69) is 15.3 Å². The van der Waals surface area contributed by atoms with Gasteiger partial charge in [0.2, 0.25) is 0 Å². The van der Waals surface area contributed by atoms with Gasteiger partial charge < -0.3 is 14.6 Å². The van der Waals surface area contributed by atoms with E-state index in [1.165, 1.54) is 18.4 Å². The number of aromatic nitrogens is 2. The van der Waals surface area contributed by atoms with Crippen molar-refractivity contribution in [1.82, 2.24) is 9.97 Å². The maximum Gasteiger partial charge on any atom is 0.413 e. The molecule has 0 spiro atoms. The maximum absolute atomic E-state index is 12.2. The number of rotatable bonds is 4. The smallest absolute Gasteiger partial charge is 0.413 e. The molecule has 1 aliphatic carbocycles. The highest BCUT2D eigenvalue weighted by Crippen LogP contribution is 2.43. The van der Waals surface area contributed by atoms with Gasteiger partial charge in [-0.1, -0.05) is 6.07 Å². The third-order valence-electron chi connectivity index (χ3n) is 5.67. The number of methoxy groups -OCH3 is 1. The lowest BCUT2D eigenvalue weighted by Gasteiger charge is -2.33. The van der Waals surface area contributed by atoms with Crippen molar-refractivity contribution >= 4 is 29.2 Å². The van der Waals surface area contributed by atoms with Gasteiger partial charge in [0, 0.05) is 6.20 Å². The average molecular weight is 496 g/mol. The van der Waals surface area contributed by atoms with Crippen LogP contribution in [0.25, 0.3) is 10.6 Å². The molecule has 1 atom stereocenters. The molecule has 2 heterocycles. The predicted octanol–water partition coefficient (Wildman–Crippen LogP) is 5.22. The molecule has 1 aromatic carbocycles. The van der Waals surface area contributed by atoms with E-state index in [9.17, 15) is 14.7 Å². The summed E-state index contributed by atoms with van der Waals surface area (Å²) in [5.41, 5.74) is 1.80. The van der Waals surface area contributed by atoms with Crippen molar-refractivity contribution in [2.24, 2.45) is 0 Å². The topological polar surface area (TPSA) is 111 Å². The van der Waals surface area contributed by atoms with E-state index in [1.54, 1.807) is 51.2 Å². The number of pyridine rings is 1. The lowest BCUT2D eigenvalue weighted by molar-refractivity contribution is 0.0582. The molecule has 1 amide bonds. The van der Waals surface area contributed by atoms with Gasteiger partial charge in [-0.15, -0.1) is 11.3 Å². The number of ether oxygens (including phenoxy) is 2. The quantitative estimate of drug-likeness (QED) is 0.478. The van der Waals surface area contributed by atoms with Crippen LogP contribution in [-0.2, 0) is 21.5 Å². The van der Waals surface area contributed by atoms with Crippen molar-refractivity contribution in [3.63, 3.8) is 0 Å². The molecule has 0 bridgehead atoms. The Morgan fingerprint density at radius 3 is 2.69 bits per heavy atom. The predicted molar refractivity (Wildman–Crippen MR) is 134 cm³/mol. The first-order chi connectivity index (χ1) is 16.5. The molecule has 0 radical (unpaired) electrons. The standard InChI is InChI=1S/C26H29N3O5S/c1-15-11-19(28-21(12-15)29-24(31)34-25(2,3)4)20-14-27-23(35-20)26(32)10-6-7-16-13-17(22(30)33-5)8-9-18(16)26/h8-9,11-14,32H,6-7,10H2,1-5H3,(H,28,29,31)/t26-/m1/s1. The lowest BCUT2D eigenvalue weighted by Crippen LogP contribution is -2.32. The summed E-state index contributed by atoms with van der Waals surface area (Å²) >= 11 is 1.36. The second-order valence-corrected chi connectivity index (χ2v) is 10.7. The molecule has 3 aromatic rings. The number of aryl methyl sites for hydroxylation is 2. The molecular weight excluding hydrogens is 466 g/mol.